The molecule has 0 spiro atoms. The van der Waals surface area contributed by atoms with Gasteiger partial charge in [0, 0.05) is 15.7 Å². The van der Waals surface area contributed by atoms with Crippen LogP contribution in [0.2, 0.25) is 10.0 Å². The van der Waals surface area contributed by atoms with Crippen LogP contribution in [0.5, 0.6) is 5.75 Å². The number of halogens is 2. The molecule has 3 rings (SSSR count). The summed E-state index contributed by atoms with van der Waals surface area (Å²) in [4.78, 5) is 24.8. The lowest BCUT2D eigenvalue weighted by Gasteiger charge is -2.11. The molecule has 2 aromatic rings. The largest absolute Gasteiger partial charge is 0.495 e. The van der Waals surface area contributed by atoms with Crippen molar-refractivity contribution in [3.05, 3.63) is 52.0 Å². The van der Waals surface area contributed by atoms with Gasteiger partial charge in [-0.2, -0.15) is 0 Å². The molecule has 2 amide bonds. The van der Waals surface area contributed by atoms with E-state index in [4.69, 9.17) is 27.9 Å². The van der Waals surface area contributed by atoms with Gasteiger partial charge in [-0.05, 0) is 49.2 Å². The number of benzene rings is 2. The van der Waals surface area contributed by atoms with Gasteiger partial charge in [0.05, 0.1) is 24.6 Å². The summed E-state index contributed by atoms with van der Waals surface area (Å²) in [6, 6.07) is 10.3. The van der Waals surface area contributed by atoms with E-state index < -0.39 is 0 Å². The zero-order valence-corrected chi connectivity index (χ0v) is 15.8. The zero-order chi connectivity index (χ0) is 18.8. The van der Waals surface area contributed by atoms with E-state index in [2.05, 4.69) is 10.6 Å². The first-order valence-electron chi connectivity index (χ1n) is 8.11. The molecule has 2 unspecified atom stereocenters. The van der Waals surface area contributed by atoms with E-state index in [0.717, 1.165) is 5.56 Å². The van der Waals surface area contributed by atoms with Crippen molar-refractivity contribution in [2.45, 2.75) is 13.3 Å². The lowest BCUT2D eigenvalue weighted by Crippen LogP contribution is -2.21. The lowest BCUT2D eigenvalue weighted by molar-refractivity contribution is -0.122. The number of anilines is 2. The molecular formula is C19H18Cl2N2O3. The highest BCUT2D eigenvalue weighted by atomic mass is 35.5. The summed E-state index contributed by atoms with van der Waals surface area (Å²) in [5, 5.41) is 6.70. The Kier molecular flexibility index (Phi) is 5.39. The molecule has 0 heterocycles. The van der Waals surface area contributed by atoms with Gasteiger partial charge in [0.25, 0.3) is 0 Å². The molecule has 0 saturated heterocycles. The third kappa shape index (κ3) is 3.94. The van der Waals surface area contributed by atoms with Gasteiger partial charge in [-0.15, -0.1) is 0 Å². The van der Waals surface area contributed by atoms with Crippen molar-refractivity contribution < 1.29 is 14.3 Å². The smallest absolute Gasteiger partial charge is 0.228 e. The second-order valence-corrected chi connectivity index (χ2v) is 7.03. The Morgan fingerprint density at radius 1 is 1.04 bits per heavy atom. The quantitative estimate of drug-likeness (QED) is 0.785. The number of hydrogen-bond acceptors (Lipinski definition) is 3. The van der Waals surface area contributed by atoms with E-state index in [1.54, 1.807) is 36.4 Å². The van der Waals surface area contributed by atoms with E-state index in [0.29, 0.717) is 33.6 Å². The standard InChI is InChI=1S/C19H18Cl2N2O3/c1-10-14(21)4-3-5-15(10)22-18(24)12-9-13(12)19(25)23-16-8-11(20)6-7-17(16)26-2/h3-8,12-13H,9H2,1-2H3,(H,22,24)(H,23,25). The number of hydrogen-bond donors (Lipinski definition) is 2. The Morgan fingerprint density at radius 3 is 2.35 bits per heavy atom. The zero-order valence-electron chi connectivity index (χ0n) is 14.3. The van der Waals surface area contributed by atoms with Crippen LogP contribution in [0.25, 0.3) is 0 Å². The van der Waals surface area contributed by atoms with E-state index in [1.807, 2.05) is 6.92 Å². The maximum Gasteiger partial charge on any atom is 0.228 e. The van der Waals surface area contributed by atoms with Crippen LogP contribution in [0.4, 0.5) is 11.4 Å². The minimum absolute atomic E-state index is 0.187. The normalized spacial score (nSPS) is 18.2. The fourth-order valence-electron chi connectivity index (χ4n) is 2.75. The number of rotatable bonds is 5. The SMILES string of the molecule is COc1ccc(Cl)cc1NC(=O)C1CC1C(=O)Nc1cccc(Cl)c1C. The van der Waals surface area contributed by atoms with E-state index in [9.17, 15) is 9.59 Å². The fourth-order valence-corrected chi connectivity index (χ4v) is 3.09. The molecule has 1 aliphatic carbocycles. The number of carbonyl (C=O) groups is 2. The van der Waals surface area contributed by atoms with Crippen LogP contribution in [0.1, 0.15) is 12.0 Å². The summed E-state index contributed by atoms with van der Waals surface area (Å²) in [6.45, 7) is 1.83. The summed E-state index contributed by atoms with van der Waals surface area (Å²) < 4.78 is 5.21. The first kappa shape index (κ1) is 18.5. The van der Waals surface area contributed by atoms with Crippen molar-refractivity contribution in [1.29, 1.82) is 0 Å². The van der Waals surface area contributed by atoms with Crippen molar-refractivity contribution in [1.82, 2.24) is 0 Å². The van der Waals surface area contributed by atoms with Gasteiger partial charge in [-0.25, -0.2) is 0 Å². The van der Waals surface area contributed by atoms with Crippen molar-refractivity contribution >= 4 is 46.4 Å². The summed E-state index contributed by atoms with van der Waals surface area (Å²) >= 11 is 12.0. The van der Waals surface area contributed by atoms with E-state index in [-0.39, 0.29) is 23.7 Å². The number of carbonyl (C=O) groups excluding carboxylic acids is 2. The molecular weight excluding hydrogens is 375 g/mol. The summed E-state index contributed by atoms with van der Waals surface area (Å²) in [5.74, 6) is -0.641. The van der Waals surface area contributed by atoms with Gasteiger partial charge in [0.2, 0.25) is 11.8 Å². The van der Waals surface area contributed by atoms with Crippen molar-refractivity contribution in [2.24, 2.45) is 11.8 Å². The number of ether oxygens (including phenoxy) is 1. The van der Waals surface area contributed by atoms with Gasteiger partial charge in [0.15, 0.2) is 0 Å². The number of amides is 2. The third-order valence-electron chi connectivity index (χ3n) is 4.41. The van der Waals surface area contributed by atoms with E-state index in [1.165, 1.54) is 7.11 Å². The monoisotopic (exact) mass is 392 g/mol. The highest BCUT2D eigenvalue weighted by molar-refractivity contribution is 6.32. The Bertz CT molecular complexity index is 870. The fraction of sp³-hybridized carbons (Fsp3) is 0.263. The van der Waals surface area contributed by atoms with Crippen LogP contribution in [0.3, 0.4) is 0 Å². The van der Waals surface area contributed by atoms with Crippen LogP contribution >= 0.6 is 23.2 Å². The van der Waals surface area contributed by atoms with Crippen molar-refractivity contribution in [3.63, 3.8) is 0 Å². The molecule has 26 heavy (non-hydrogen) atoms. The van der Waals surface area contributed by atoms with Crippen molar-refractivity contribution in [2.75, 3.05) is 17.7 Å². The lowest BCUT2D eigenvalue weighted by atomic mass is 10.2. The molecule has 7 heteroatoms. The third-order valence-corrected chi connectivity index (χ3v) is 5.05. The van der Waals surface area contributed by atoms with Crippen molar-refractivity contribution in [3.8, 4) is 5.75 Å². The molecule has 2 N–H and O–H groups in total. The Morgan fingerprint density at radius 2 is 1.69 bits per heavy atom. The summed E-state index contributed by atoms with van der Waals surface area (Å²) in [6.07, 6.45) is 0.500. The predicted molar refractivity (Wildman–Crippen MR) is 103 cm³/mol. The molecule has 136 valence electrons. The van der Waals surface area contributed by atoms with Gasteiger partial charge in [-0.3, -0.25) is 9.59 Å². The maximum atomic E-state index is 12.4. The predicted octanol–water partition coefficient (Wildman–Crippen LogP) is 4.52. The minimum atomic E-state index is -0.377. The highest BCUT2D eigenvalue weighted by Gasteiger charge is 2.48. The first-order chi connectivity index (χ1) is 12.4. The summed E-state index contributed by atoms with van der Waals surface area (Å²) in [7, 11) is 1.51. The molecule has 1 saturated carbocycles. The second-order valence-electron chi connectivity index (χ2n) is 6.18. The molecule has 5 nitrogen and oxygen atoms in total. The Hall–Kier alpha value is -2.24. The number of methoxy groups -OCH3 is 1. The first-order valence-corrected chi connectivity index (χ1v) is 8.86. The van der Waals surface area contributed by atoms with Crippen LogP contribution in [-0.2, 0) is 9.59 Å². The molecule has 1 aliphatic rings. The van der Waals surface area contributed by atoms with Crippen LogP contribution in [0, 0.1) is 18.8 Å². The topological polar surface area (TPSA) is 67.4 Å². The molecule has 0 aromatic heterocycles. The molecule has 0 radical (unpaired) electrons. The maximum absolute atomic E-state index is 12.4. The summed E-state index contributed by atoms with van der Waals surface area (Å²) in [5.41, 5.74) is 1.94. The molecule has 1 fully saturated rings. The average Bonchev–Trinajstić information content (AvgIpc) is 3.40. The van der Waals surface area contributed by atoms with Gasteiger partial charge < -0.3 is 15.4 Å². The Labute approximate surface area is 161 Å². The van der Waals surface area contributed by atoms with E-state index >= 15 is 0 Å². The van der Waals surface area contributed by atoms with Gasteiger partial charge in [0.1, 0.15) is 5.75 Å². The average molecular weight is 393 g/mol. The molecule has 2 atom stereocenters. The molecule has 0 aliphatic heterocycles. The van der Waals surface area contributed by atoms with Gasteiger partial charge in [-0.1, -0.05) is 29.3 Å². The molecule has 0 bridgehead atoms. The second kappa shape index (κ2) is 7.56. The van der Waals surface area contributed by atoms with Crippen LogP contribution < -0.4 is 15.4 Å². The minimum Gasteiger partial charge on any atom is -0.495 e. The Balaban J connectivity index is 1.63. The number of nitrogens with one attached hydrogen (secondary N) is 2. The molecule has 2 aromatic carbocycles. The highest BCUT2D eigenvalue weighted by Crippen LogP contribution is 2.41. The van der Waals surface area contributed by atoms with Crippen LogP contribution in [0.15, 0.2) is 36.4 Å². The van der Waals surface area contributed by atoms with Crippen LogP contribution in [-0.4, -0.2) is 18.9 Å². The van der Waals surface area contributed by atoms with Gasteiger partial charge >= 0.3 is 0 Å².